The Kier molecular flexibility index (Phi) is 6.78. The highest BCUT2D eigenvalue weighted by molar-refractivity contribution is 6.02. The van der Waals surface area contributed by atoms with Gasteiger partial charge in [0.25, 0.3) is 5.91 Å². The van der Waals surface area contributed by atoms with E-state index in [9.17, 15) is 9.59 Å². The highest BCUT2D eigenvalue weighted by Crippen LogP contribution is 2.22. The van der Waals surface area contributed by atoms with Gasteiger partial charge in [-0.1, -0.05) is 31.2 Å². The highest BCUT2D eigenvalue weighted by Gasteiger charge is 2.22. The maximum absolute atomic E-state index is 12.7. The molecule has 5 heteroatoms. The molecular formula is C21H25NO4. The minimum Gasteiger partial charge on any atom is -0.480 e. The molecule has 5 nitrogen and oxygen atoms in total. The predicted octanol–water partition coefficient (Wildman–Crippen LogP) is 4.28. The summed E-state index contributed by atoms with van der Waals surface area (Å²) < 4.78 is 11.0. The van der Waals surface area contributed by atoms with Crippen molar-refractivity contribution >= 4 is 17.6 Å². The molecular weight excluding hydrogens is 330 g/mol. The molecule has 138 valence electrons. The third-order valence-electron chi connectivity index (χ3n) is 3.96. The second kappa shape index (κ2) is 9.04. The van der Waals surface area contributed by atoms with E-state index in [0.717, 1.165) is 11.1 Å². The van der Waals surface area contributed by atoms with Crippen molar-refractivity contribution in [2.75, 3.05) is 11.9 Å². The Balaban J connectivity index is 2.17. The first-order chi connectivity index (χ1) is 12.5. The van der Waals surface area contributed by atoms with Crippen LogP contribution in [0.1, 0.15) is 41.8 Å². The van der Waals surface area contributed by atoms with Gasteiger partial charge in [0, 0.05) is 0 Å². The molecule has 0 saturated heterocycles. The topological polar surface area (TPSA) is 64.6 Å². The fourth-order valence-corrected chi connectivity index (χ4v) is 2.50. The number of carbonyl (C=O) groups is 2. The molecule has 1 atom stereocenters. The maximum atomic E-state index is 12.7. The SMILES string of the molecule is CCOC(=O)c1ccccc1NC(=O)[C@H](CC)Oc1cc(C)ccc1C. The summed E-state index contributed by atoms with van der Waals surface area (Å²) in [6.07, 6.45) is -0.161. The average Bonchev–Trinajstić information content (AvgIpc) is 2.63. The van der Waals surface area contributed by atoms with Crippen LogP contribution in [0.5, 0.6) is 5.75 Å². The van der Waals surface area contributed by atoms with E-state index in [4.69, 9.17) is 9.47 Å². The third-order valence-corrected chi connectivity index (χ3v) is 3.96. The van der Waals surface area contributed by atoms with Crippen molar-refractivity contribution in [2.24, 2.45) is 0 Å². The fourth-order valence-electron chi connectivity index (χ4n) is 2.50. The summed E-state index contributed by atoms with van der Waals surface area (Å²) in [5, 5.41) is 2.79. The van der Waals surface area contributed by atoms with Crippen molar-refractivity contribution in [2.45, 2.75) is 40.2 Å². The first-order valence-electron chi connectivity index (χ1n) is 8.77. The second-order valence-corrected chi connectivity index (χ2v) is 6.04. The molecule has 0 bridgehead atoms. The predicted molar refractivity (Wildman–Crippen MR) is 102 cm³/mol. The van der Waals surface area contributed by atoms with Crippen LogP contribution in [0.3, 0.4) is 0 Å². The minimum absolute atomic E-state index is 0.272. The fraction of sp³-hybridized carbons (Fsp3) is 0.333. The lowest BCUT2D eigenvalue weighted by molar-refractivity contribution is -0.122. The molecule has 1 N–H and O–H groups in total. The van der Waals surface area contributed by atoms with Gasteiger partial charge >= 0.3 is 5.97 Å². The zero-order valence-electron chi connectivity index (χ0n) is 15.7. The van der Waals surface area contributed by atoms with Crippen molar-refractivity contribution in [1.82, 2.24) is 0 Å². The van der Waals surface area contributed by atoms with E-state index in [2.05, 4.69) is 5.32 Å². The molecule has 0 aromatic heterocycles. The summed E-state index contributed by atoms with van der Waals surface area (Å²) in [6, 6.07) is 12.7. The molecule has 2 aromatic carbocycles. The van der Waals surface area contributed by atoms with Crippen molar-refractivity contribution in [3.63, 3.8) is 0 Å². The number of rotatable bonds is 7. The molecule has 0 aliphatic rings. The molecule has 0 radical (unpaired) electrons. The number of hydrogen-bond acceptors (Lipinski definition) is 4. The number of anilines is 1. The Labute approximate surface area is 154 Å². The van der Waals surface area contributed by atoms with Crippen molar-refractivity contribution in [3.05, 3.63) is 59.2 Å². The van der Waals surface area contributed by atoms with E-state index in [-0.39, 0.29) is 12.5 Å². The van der Waals surface area contributed by atoms with E-state index in [1.165, 1.54) is 0 Å². The minimum atomic E-state index is -0.661. The van der Waals surface area contributed by atoms with E-state index in [1.807, 2.05) is 39.0 Å². The van der Waals surface area contributed by atoms with Gasteiger partial charge in [-0.05, 0) is 56.5 Å². The van der Waals surface area contributed by atoms with Crippen LogP contribution in [0.4, 0.5) is 5.69 Å². The van der Waals surface area contributed by atoms with E-state index >= 15 is 0 Å². The number of para-hydroxylation sites is 1. The normalized spacial score (nSPS) is 11.5. The summed E-state index contributed by atoms with van der Waals surface area (Å²) in [6.45, 7) is 7.81. The molecule has 0 fully saturated rings. The highest BCUT2D eigenvalue weighted by atomic mass is 16.5. The van der Waals surface area contributed by atoms with Gasteiger partial charge in [-0.3, -0.25) is 4.79 Å². The Bertz CT molecular complexity index is 785. The molecule has 2 aromatic rings. The monoisotopic (exact) mass is 355 g/mol. The number of nitrogens with one attached hydrogen (secondary N) is 1. The molecule has 26 heavy (non-hydrogen) atoms. The van der Waals surface area contributed by atoms with Crippen LogP contribution >= 0.6 is 0 Å². The molecule has 0 aliphatic carbocycles. The number of amides is 1. The van der Waals surface area contributed by atoms with Crippen molar-refractivity contribution in [3.8, 4) is 5.75 Å². The van der Waals surface area contributed by atoms with Crippen LogP contribution in [-0.2, 0) is 9.53 Å². The molecule has 0 spiro atoms. The molecule has 1 amide bonds. The van der Waals surface area contributed by atoms with Crippen LogP contribution in [-0.4, -0.2) is 24.6 Å². The number of benzene rings is 2. The lowest BCUT2D eigenvalue weighted by Crippen LogP contribution is -2.33. The van der Waals surface area contributed by atoms with Gasteiger partial charge in [0.05, 0.1) is 17.9 Å². The van der Waals surface area contributed by atoms with Crippen LogP contribution < -0.4 is 10.1 Å². The lowest BCUT2D eigenvalue weighted by Gasteiger charge is -2.19. The van der Waals surface area contributed by atoms with Gasteiger partial charge in [-0.15, -0.1) is 0 Å². The first-order valence-corrected chi connectivity index (χ1v) is 8.77. The van der Waals surface area contributed by atoms with Crippen LogP contribution in [0.15, 0.2) is 42.5 Å². The number of aryl methyl sites for hydroxylation is 2. The molecule has 0 saturated carbocycles. The Morgan fingerprint density at radius 1 is 1.08 bits per heavy atom. The summed E-state index contributed by atoms with van der Waals surface area (Å²) in [4.78, 5) is 24.7. The smallest absolute Gasteiger partial charge is 0.340 e. The summed E-state index contributed by atoms with van der Waals surface area (Å²) >= 11 is 0. The first kappa shape index (κ1) is 19.5. The van der Waals surface area contributed by atoms with Gasteiger partial charge in [0.1, 0.15) is 5.75 Å². The average molecular weight is 355 g/mol. The number of ether oxygens (including phenoxy) is 2. The number of esters is 1. The summed E-state index contributed by atoms with van der Waals surface area (Å²) in [5.41, 5.74) is 2.77. The van der Waals surface area contributed by atoms with Crippen LogP contribution in [0, 0.1) is 13.8 Å². The Hall–Kier alpha value is -2.82. The lowest BCUT2D eigenvalue weighted by atomic mass is 10.1. The zero-order chi connectivity index (χ0) is 19.1. The summed E-state index contributed by atoms with van der Waals surface area (Å²) in [7, 11) is 0. The quantitative estimate of drug-likeness (QED) is 0.753. The Morgan fingerprint density at radius 3 is 2.50 bits per heavy atom. The van der Waals surface area contributed by atoms with Gasteiger partial charge in [-0.2, -0.15) is 0 Å². The van der Waals surface area contributed by atoms with Crippen molar-refractivity contribution in [1.29, 1.82) is 0 Å². The largest absolute Gasteiger partial charge is 0.480 e. The number of carbonyl (C=O) groups excluding carboxylic acids is 2. The third kappa shape index (κ3) is 4.85. The van der Waals surface area contributed by atoms with E-state index < -0.39 is 12.1 Å². The van der Waals surface area contributed by atoms with Gasteiger partial charge in [-0.25, -0.2) is 4.79 Å². The van der Waals surface area contributed by atoms with E-state index in [1.54, 1.807) is 31.2 Å². The molecule has 0 unspecified atom stereocenters. The van der Waals surface area contributed by atoms with Gasteiger partial charge in [0.15, 0.2) is 6.10 Å². The molecule has 0 heterocycles. The van der Waals surface area contributed by atoms with Gasteiger partial charge < -0.3 is 14.8 Å². The van der Waals surface area contributed by atoms with Crippen LogP contribution in [0.25, 0.3) is 0 Å². The van der Waals surface area contributed by atoms with E-state index in [0.29, 0.717) is 23.4 Å². The van der Waals surface area contributed by atoms with Crippen molar-refractivity contribution < 1.29 is 19.1 Å². The van der Waals surface area contributed by atoms with Gasteiger partial charge in [0.2, 0.25) is 0 Å². The molecule has 2 rings (SSSR count). The Morgan fingerprint density at radius 2 is 1.81 bits per heavy atom. The second-order valence-electron chi connectivity index (χ2n) is 6.04. The maximum Gasteiger partial charge on any atom is 0.340 e. The zero-order valence-corrected chi connectivity index (χ0v) is 15.7. The number of hydrogen-bond donors (Lipinski definition) is 1. The standard InChI is InChI=1S/C21H25NO4/c1-5-18(26-19-13-14(3)11-12-15(19)4)20(23)22-17-10-8-7-9-16(17)21(24)25-6-2/h7-13,18H,5-6H2,1-4H3,(H,22,23)/t18-/m0/s1. The summed E-state index contributed by atoms with van der Waals surface area (Å²) in [5.74, 6) is -0.0808. The molecule has 0 aliphatic heterocycles. The van der Waals surface area contributed by atoms with Crippen LogP contribution in [0.2, 0.25) is 0 Å².